The SMILES string of the molecule is CC(Nc1ncccc1C(N)=O)C(C)C(=O)O. The third-order valence-electron chi connectivity index (χ3n) is 2.58. The van der Waals surface area contributed by atoms with Crippen molar-refractivity contribution >= 4 is 17.7 Å². The van der Waals surface area contributed by atoms with Crippen molar-refractivity contribution in [1.29, 1.82) is 0 Å². The molecule has 6 heteroatoms. The lowest BCUT2D eigenvalue weighted by molar-refractivity contribution is -0.141. The number of nitrogens with zero attached hydrogens (tertiary/aromatic N) is 1. The Hall–Kier alpha value is -2.11. The van der Waals surface area contributed by atoms with Gasteiger partial charge in [-0.15, -0.1) is 0 Å². The minimum atomic E-state index is -0.915. The summed E-state index contributed by atoms with van der Waals surface area (Å²) >= 11 is 0. The predicted octanol–water partition coefficient (Wildman–Crippen LogP) is 0.702. The van der Waals surface area contributed by atoms with Gasteiger partial charge in [0.2, 0.25) is 0 Å². The lowest BCUT2D eigenvalue weighted by Gasteiger charge is -2.19. The maximum Gasteiger partial charge on any atom is 0.308 e. The number of hydrogen-bond acceptors (Lipinski definition) is 4. The van der Waals surface area contributed by atoms with Gasteiger partial charge in [-0.2, -0.15) is 0 Å². The highest BCUT2D eigenvalue weighted by Crippen LogP contribution is 2.15. The molecule has 0 fully saturated rings. The molecule has 0 radical (unpaired) electrons. The van der Waals surface area contributed by atoms with Crippen molar-refractivity contribution in [2.45, 2.75) is 19.9 Å². The quantitative estimate of drug-likeness (QED) is 0.699. The van der Waals surface area contributed by atoms with Gasteiger partial charge >= 0.3 is 5.97 Å². The average molecular weight is 237 g/mol. The van der Waals surface area contributed by atoms with E-state index in [1.807, 2.05) is 0 Å². The molecule has 0 aliphatic rings. The van der Waals surface area contributed by atoms with Crippen LogP contribution in [0.1, 0.15) is 24.2 Å². The van der Waals surface area contributed by atoms with Crippen molar-refractivity contribution in [3.05, 3.63) is 23.9 Å². The fourth-order valence-corrected chi connectivity index (χ4v) is 1.27. The summed E-state index contributed by atoms with van der Waals surface area (Å²) in [5.41, 5.74) is 5.44. The van der Waals surface area contributed by atoms with E-state index in [4.69, 9.17) is 10.8 Å². The standard InChI is InChI=1S/C11H15N3O3/c1-6(11(16)17)7(2)14-10-8(9(12)15)4-3-5-13-10/h3-7H,1-2H3,(H2,12,15)(H,13,14)(H,16,17). The number of carboxylic acid groups (broad SMARTS) is 1. The van der Waals surface area contributed by atoms with Crippen LogP contribution in [-0.4, -0.2) is 28.0 Å². The molecular weight excluding hydrogens is 222 g/mol. The van der Waals surface area contributed by atoms with E-state index in [1.54, 1.807) is 19.9 Å². The van der Waals surface area contributed by atoms with Crippen molar-refractivity contribution in [1.82, 2.24) is 4.98 Å². The number of pyridine rings is 1. The third-order valence-corrected chi connectivity index (χ3v) is 2.58. The number of nitrogens with one attached hydrogen (secondary N) is 1. The summed E-state index contributed by atoms with van der Waals surface area (Å²) in [6.45, 7) is 3.28. The number of nitrogens with two attached hydrogens (primary N) is 1. The summed E-state index contributed by atoms with van der Waals surface area (Å²) in [7, 11) is 0. The predicted molar refractivity (Wildman–Crippen MR) is 62.6 cm³/mol. The van der Waals surface area contributed by atoms with Crippen LogP contribution in [0.3, 0.4) is 0 Å². The Morgan fingerprint density at radius 3 is 2.65 bits per heavy atom. The fraction of sp³-hybridized carbons (Fsp3) is 0.364. The molecule has 0 aliphatic carbocycles. The minimum absolute atomic E-state index is 0.247. The largest absolute Gasteiger partial charge is 0.481 e. The normalized spacial score (nSPS) is 13.8. The van der Waals surface area contributed by atoms with Gasteiger partial charge in [-0.1, -0.05) is 0 Å². The van der Waals surface area contributed by atoms with Gasteiger partial charge in [0.15, 0.2) is 0 Å². The monoisotopic (exact) mass is 237 g/mol. The Kier molecular flexibility index (Phi) is 4.03. The van der Waals surface area contributed by atoms with Crippen LogP contribution in [0, 0.1) is 5.92 Å². The number of carbonyl (C=O) groups excluding carboxylic acids is 1. The van der Waals surface area contributed by atoms with Crippen molar-refractivity contribution < 1.29 is 14.7 Å². The van der Waals surface area contributed by atoms with E-state index in [2.05, 4.69) is 10.3 Å². The fourth-order valence-electron chi connectivity index (χ4n) is 1.27. The second-order valence-corrected chi connectivity index (χ2v) is 3.82. The number of aromatic nitrogens is 1. The minimum Gasteiger partial charge on any atom is -0.481 e. The summed E-state index contributed by atoms with van der Waals surface area (Å²) < 4.78 is 0. The third kappa shape index (κ3) is 3.17. The highest BCUT2D eigenvalue weighted by atomic mass is 16.4. The molecule has 0 aliphatic heterocycles. The summed E-state index contributed by atoms with van der Waals surface area (Å²) in [4.78, 5) is 25.9. The molecule has 1 aromatic heterocycles. The van der Waals surface area contributed by atoms with Crippen LogP contribution in [0.5, 0.6) is 0 Å². The molecule has 0 spiro atoms. The Labute approximate surface area is 98.8 Å². The average Bonchev–Trinajstić information content (AvgIpc) is 2.28. The molecule has 1 heterocycles. The molecule has 1 amide bonds. The van der Waals surface area contributed by atoms with E-state index >= 15 is 0 Å². The molecule has 0 saturated carbocycles. The van der Waals surface area contributed by atoms with Gasteiger partial charge in [0.25, 0.3) is 5.91 Å². The van der Waals surface area contributed by atoms with Crippen LogP contribution in [0.4, 0.5) is 5.82 Å². The Bertz CT molecular complexity index is 434. The molecular formula is C11H15N3O3. The Morgan fingerprint density at radius 1 is 1.47 bits per heavy atom. The Morgan fingerprint density at radius 2 is 2.12 bits per heavy atom. The molecule has 2 unspecified atom stereocenters. The highest BCUT2D eigenvalue weighted by molar-refractivity contribution is 5.97. The van der Waals surface area contributed by atoms with Crippen LogP contribution >= 0.6 is 0 Å². The van der Waals surface area contributed by atoms with Crippen molar-refractivity contribution in [2.24, 2.45) is 11.7 Å². The van der Waals surface area contributed by atoms with Crippen LogP contribution < -0.4 is 11.1 Å². The van der Waals surface area contributed by atoms with Crippen LogP contribution in [-0.2, 0) is 4.79 Å². The highest BCUT2D eigenvalue weighted by Gasteiger charge is 2.21. The van der Waals surface area contributed by atoms with Crippen LogP contribution in [0.15, 0.2) is 18.3 Å². The lowest BCUT2D eigenvalue weighted by atomic mass is 10.0. The first-order chi connectivity index (χ1) is 7.93. The van der Waals surface area contributed by atoms with Crippen LogP contribution in [0.2, 0.25) is 0 Å². The van der Waals surface area contributed by atoms with E-state index in [-0.39, 0.29) is 11.6 Å². The van der Waals surface area contributed by atoms with E-state index in [0.717, 1.165) is 0 Å². The summed E-state index contributed by atoms with van der Waals surface area (Å²) in [6.07, 6.45) is 1.51. The number of hydrogen-bond donors (Lipinski definition) is 3. The maximum atomic E-state index is 11.1. The number of aliphatic carboxylic acids is 1. The second-order valence-electron chi connectivity index (χ2n) is 3.82. The van der Waals surface area contributed by atoms with Gasteiger partial charge < -0.3 is 16.2 Å². The molecule has 2 atom stereocenters. The molecule has 0 bridgehead atoms. The summed E-state index contributed by atoms with van der Waals surface area (Å²) in [5, 5.41) is 11.7. The van der Waals surface area contributed by atoms with Gasteiger partial charge in [-0.05, 0) is 26.0 Å². The number of carboxylic acids is 1. The van der Waals surface area contributed by atoms with E-state index < -0.39 is 17.8 Å². The zero-order valence-corrected chi connectivity index (χ0v) is 9.68. The molecule has 4 N–H and O–H groups in total. The summed E-state index contributed by atoms with van der Waals surface area (Å²) in [5.74, 6) is -1.81. The first-order valence-corrected chi connectivity index (χ1v) is 5.17. The van der Waals surface area contributed by atoms with Gasteiger partial charge in [-0.25, -0.2) is 4.98 Å². The van der Waals surface area contributed by atoms with Crippen molar-refractivity contribution in [2.75, 3.05) is 5.32 Å². The van der Waals surface area contributed by atoms with E-state index in [1.165, 1.54) is 12.3 Å². The van der Waals surface area contributed by atoms with Crippen molar-refractivity contribution in [3.8, 4) is 0 Å². The number of anilines is 1. The van der Waals surface area contributed by atoms with Gasteiger partial charge in [0.05, 0.1) is 11.5 Å². The van der Waals surface area contributed by atoms with Gasteiger partial charge in [0, 0.05) is 12.2 Å². The molecule has 92 valence electrons. The zero-order chi connectivity index (χ0) is 13.0. The lowest BCUT2D eigenvalue weighted by Crippen LogP contribution is -2.31. The van der Waals surface area contributed by atoms with Crippen molar-refractivity contribution in [3.63, 3.8) is 0 Å². The smallest absolute Gasteiger partial charge is 0.308 e. The summed E-state index contributed by atoms with van der Waals surface area (Å²) in [6, 6.07) is 2.77. The topological polar surface area (TPSA) is 105 Å². The number of amides is 1. The van der Waals surface area contributed by atoms with Crippen LogP contribution in [0.25, 0.3) is 0 Å². The van der Waals surface area contributed by atoms with Gasteiger partial charge in [-0.3, -0.25) is 9.59 Å². The molecule has 0 aromatic carbocycles. The molecule has 6 nitrogen and oxygen atoms in total. The molecule has 1 rings (SSSR count). The Balaban J connectivity index is 2.88. The number of carbonyl (C=O) groups is 2. The molecule has 17 heavy (non-hydrogen) atoms. The number of rotatable bonds is 5. The molecule has 0 saturated heterocycles. The van der Waals surface area contributed by atoms with E-state index in [9.17, 15) is 9.59 Å². The molecule has 1 aromatic rings. The first kappa shape index (κ1) is 13.0. The zero-order valence-electron chi connectivity index (χ0n) is 9.68. The second kappa shape index (κ2) is 5.29. The van der Waals surface area contributed by atoms with E-state index in [0.29, 0.717) is 5.82 Å². The maximum absolute atomic E-state index is 11.1. The van der Waals surface area contributed by atoms with Gasteiger partial charge in [0.1, 0.15) is 5.82 Å². The first-order valence-electron chi connectivity index (χ1n) is 5.17. The number of primary amides is 1.